The molecule has 118 valence electrons. The summed E-state index contributed by atoms with van der Waals surface area (Å²) in [5, 5.41) is 0.997. The fraction of sp³-hybridized carbons (Fsp3) is 0.0556. The van der Waals surface area contributed by atoms with Crippen LogP contribution < -0.4 is 5.56 Å². The lowest BCUT2D eigenvalue weighted by Crippen LogP contribution is -2.12. The number of hydrogen-bond donors (Lipinski definition) is 2. The molecular formula is C18H13N3O3. The first-order valence-corrected chi connectivity index (χ1v) is 7.36. The first-order chi connectivity index (χ1) is 11.7. The first kappa shape index (κ1) is 14.2. The first-order valence-electron chi connectivity index (χ1n) is 7.36. The predicted molar refractivity (Wildman–Crippen MR) is 91.0 cm³/mol. The Labute approximate surface area is 136 Å². The molecule has 0 spiro atoms. The van der Waals surface area contributed by atoms with E-state index in [1.807, 2.05) is 30.3 Å². The van der Waals surface area contributed by atoms with E-state index in [2.05, 4.69) is 15.0 Å². The molecule has 6 nitrogen and oxygen atoms in total. The SMILES string of the molecule is COC(=O)c1ccc2[nH]c(=O)c(-c3cc4ccccc4[nH]3)nc2c1. The zero-order chi connectivity index (χ0) is 16.7. The monoisotopic (exact) mass is 319 g/mol. The van der Waals surface area contributed by atoms with E-state index in [9.17, 15) is 9.59 Å². The Morgan fingerprint density at radius 1 is 1.04 bits per heavy atom. The number of benzene rings is 2. The van der Waals surface area contributed by atoms with Crippen LogP contribution in [0.4, 0.5) is 0 Å². The minimum atomic E-state index is -0.447. The molecule has 2 aromatic carbocycles. The second kappa shape index (κ2) is 5.34. The number of H-pyrrole nitrogens is 2. The molecule has 0 aliphatic rings. The molecule has 24 heavy (non-hydrogen) atoms. The molecule has 0 unspecified atom stereocenters. The lowest BCUT2D eigenvalue weighted by molar-refractivity contribution is 0.0601. The molecule has 0 atom stereocenters. The number of aromatic nitrogens is 3. The number of para-hydroxylation sites is 1. The minimum Gasteiger partial charge on any atom is -0.465 e. The van der Waals surface area contributed by atoms with Gasteiger partial charge >= 0.3 is 5.97 Å². The summed E-state index contributed by atoms with van der Waals surface area (Å²) in [4.78, 5) is 34.4. The van der Waals surface area contributed by atoms with E-state index >= 15 is 0 Å². The van der Waals surface area contributed by atoms with Gasteiger partial charge in [-0.1, -0.05) is 18.2 Å². The van der Waals surface area contributed by atoms with Gasteiger partial charge in [0.05, 0.1) is 29.4 Å². The summed E-state index contributed by atoms with van der Waals surface area (Å²) in [6, 6.07) is 14.5. The maximum Gasteiger partial charge on any atom is 0.337 e. The third-order valence-electron chi connectivity index (χ3n) is 3.90. The Kier molecular flexibility index (Phi) is 3.16. The topological polar surface area (TPSA) is 87.8 Å². The van der Waals surface area contributed by atoms with Crippen LogP contribution >= 0.6 is 0 Å². The molecule has 2 heterocycles. The summed E-state index contributed by atoms with van der Waals surface area (Å²) >= 11 is 0. The number of ether oxygens (including phenoxy) is 1. The van der Waals surface area contributed by atoms with Crippen molar-refractivity contribution in [2.45, 2.75) is 0 Å². The lowest BCUT2D eigenvalue weighted by atomic mass is 10.2. The van der Waals surface area contributed by atoms with Gasteiger partial charge in [-0.05, 0) is 30.3 Å². The molecule has 4 aromatic rings. The van der Waals surface area contributed by atoms with Gasteiger partial charge in [-0.2, -0.15) is 0 Å². The van der Waals surface area contributed by atoms with Crippen LogP contribution in [0.25, 0.3) is 33.3 Å². The van der Waals surface area contributed by atoms with Gasteiger partial charge in [0.1, 0.15) is 0 Å². The van der Waals surface area contributed by atoms with E-state index < -0.39 is 5.97 Å². The maximum absolute atomic E-state index is 12.4. The molecule has 0 radical (unpaired) electrons. The maximum atomic E-state index is 12.4. The zero-order valence-electron chi connectivity index (χ0n) is 12.8. The van der Waals surface area contributed by atoms with Crippen molar-refractivity contribution in [3.63, 3.8) is 0 Å². The second-order valence-electron chi connectivity index (χ2n) is 5.41. The highest BCUT2D eigenvalue weighted by molar-refractivity contribution is 5.94. The highest BCUT2D eigenvalue weighted by Gasteiger charge is 2.12. The van der Waals surface area contributed by atoms with E-state index in [1.165, 1.54) is 7.11 Å². The number of nitrogens with zero attached hydrogens (tertiary/aromatic N) is 1. The number of hydrogen-bond acceptors (Lipinski definition) is 4. The van der Waals surface area contributed by atoms with Gasteiger partial charge in [-0.15, -0.1) is 0 Å². The van der Waals surface area contributed by atoms with Crippen LogP contribution in [0.5, 0.6) is 0 Å². The fourth-order valence-corrected chi connectivity index (χ4v) is 2.71. The molecule has 0 fully saturated rings. The zero-order valence-corrected chi connectivity index (χ0v) is 12.8. The van der Waals surface area contributed by atoms with Crippen LogP contribution in [-0.2, 0) is 4.74 Å². The van der Waals surface area contributed by atoms with Crippen molar-refractivity contribution in [2.75, 3.05) is 7.11 Å². The molecule has 0 amide bonds. The average Bonchev–Trinajstić information content (AvgIpc) is 3.03. The molecule has 6 heteroatoms. The third kappa shape index (κ3) is 2.25. The van der Waals surface area contributed by atoms with Crippen LogP contribution in [0.3, 0.4) is 0 Å². The van der Waals surface area contributed by atoms with E-state index in [1.54, 1.807) is 18.2 Å². The summed E-state index contributed by atoms with van der Waals surface area (Å²) in [6.45, 7) is 0. The quantitative estimate of drug-likeness (QED) is 0.556. The number of carbonyl (C=O) groups is 1. The van der Waals surface area contributed by atoms with Crippen molar-refractivity contribution < 1.29 is 9.53 Å². The summed E-state index contributed by atoms with van der Waals surface area (Å²) in [5.41, 5.74) is 3.01. The highest BCUT2D eigenvalue weighted by Crippen LogP contribution is 2.22. The predicted octanol–water partition coefficient (Wildman–Crippen LogP) is 2.86. The molecule has 0 aliphatic carbocycles. The average molecular weight is 319 g/mol. The summed E-state index contributed by atoms with van der Waals surface area (Å²) < 4.78 is 4.72. The van der Waals surface area contributed by atoms with E-state index in [0.29, 0.717) is 22.3 Å². The van der Waals surface area contributed by atoms with Crippen LogP contribution in [-0.4, -0.2) is 28.0 Å². The molecule has 0 saturated heterocycles. The van der Waals surface area contributed by atoms with Crippen LogP contribution in [0, 0.1) is 0 Å². The second-order valence-corrected chi connectivity index (χ2v) is 5.41. The number of methoxy groups -OCH3 is 1. The Bertz CT molecular complexity index is 1110. The van der Waals surface area contributed by atoms with Gasteiger partial charge < -0.3 is 14.7 Å². The van der Waals surface area contributed by atoms with Gasteiger partial charge in [0.2, 0.25) is 0 Å². The molecule has 0 saturated carbocycles. The Morgan fingerprint density at radius 3 is 2.67 bits per heavy atom. The van der Waals surface area contributed by atoms with Gasteiger partial charge in [-0.3, -0.25) is 4.79 Å². The van der Waals surface area contributed by atoms with Crippen molar-refractivity contribution in [1.29, 1.82) is 0 Å². The number of esters is 1. The molecular weight excluding hydrogens is 306 g/mol. The molecule has 2 aromatic heterocycles. The Morgan fingerprint density at radius 2 is 1.88 bits per heavy atom. The number of aromatic amines is 2. The van der Waals surface area contributed by atoms with Crippen molar-refractivity contribution in [3.8, 4) is 11.4 Å². The van der Waals surface area contributed by atoms with Crippen molar-refractivity contribution >= 4 is 27.9 Å². The van der Waals surface area contributed by atoms with Gasteiger partial charge in [0, 0.05) is 10.9 Å². The van der Waals surface area contributed by atoms with Gasteiger partial charge in [0.15, 0.2) is 5.69 Å². The van der Waals surface area contributed by atoms with Crippen LogP contribution in [0.2, 0.25) is 0 Å². The van der Waals surface area contributed by atoms with Crippen molar-refractivity contribution in [3.05, 3.63) is 64.4 Å². The summed E-state index contributed by atoms with van der Waals surface area (Å²) in [7, 11) is 1.32. The minimum absolute atomic E-state index is 0.278. The van der Waals surface area contributed by atoms with E-state index in [0.717, 1.165) is 10.9 Å². The summed E-state index contributed by atoms with van der Waals surface area (Å²) in [5.74, 6) is -0.447. The summed E-state index contributed by atoms with van der Waals surface area (Å²) in [6.07, 6.45) is 0. The molecule has 4 rings (SSSR count). The number of carbonyl (C=O) groups excluding carboxylic acids is 1. The Hall–Kier alpha value is -3.41. The van der Waals surface area contributed by atoms with E-state index in [4.69, 9.17) is 4.74 Å². The molecule has 0 aliphatic heterocycles. The number of fused-ring (bicyclic) bond motifs is 2. The molecule has 0 bridgehead atoms. The largest absolute Gasteiger partial charge is 0.465 e. The standard InChI is InChI=1S/C18H13N3O3/c1-24-18(23)11-6-7-13-14(9-11)20-16(17(22)21-13)15-8-10-4-2-3-5-12(10)19-15/h2-9,19H,1H3,(H,21,22). The molecule has 2 N–H and O–H groups in total. The Balaban J connectivity index is 1.92. The third-order valence-corrected chi connectivity index (χ3v) is 3.90. The number of rotatable bonds is 2. The van der Waals surface area contributed by atoms with Gasteiger partial charge in [0.25, 0.3) is 5.56 Å². The van der Waals surface area contributed by atoms with Gasteiger partial charge in [-0.25, -0.2) is 9.78 Å². The number of nitrogens with one attached hydrogen (secondary N) is 2. The fourth-order valence-electron chi connectivity index (χ4n) is 2.71. The van der Waals surface area contributed by atoms with Crippen LogP contribution in [0.15, 0.2) is 53.3 Å². The lowest BCUT2D eigenvalue weighted by Gasteiger charge is -2.03. The van der Waals surface area contributed by atoms with Crippen LogP contribution in [0.1, 0.15) is 10.4 Å². The normalized spacial score (nSPS) is 11.0. The van der Waals surface area contributed by atoms with E-state index in [-0.39, 0.29) is 11.3 Å². The van der Waals surface area contributed by atoms with Crippen molar-refractivity contribution in [1.82, 2.24) is 15.0 Å². The van der Waals surface area contributed by atoms with Crippen molar-refractivity contribution in [2.24, 2.45) is 0 Å². The highest BCUT2D eigenvalue weighted by atomic mass is 16.5. The smallest absolute Gasteiger partial charge is 0.337 e.